The number of aryl methyl sites for hydroxylation is 1. The lowest BCUT2D eigenvalue weighted by molar-refractivity contribution is 0.470. The Kier molecular flexibility index (Phi) is 4.14. The van der Waals surface area contributed by atoms with Crippen molar-refractivity contribution >= 4 is 5.82 Å². The minimum absolute atomic E-state index is 0.606. The van der Waals surface area contributed by atoms with Crippen LogP contribution < -0.4 is 5.32 Å². The molecule has 1 fully saturated rings. The van der Waals surface area contributed by atoms with Crippen molar-refractivity contribution in [3.63, 3.8) is 0 Å². The summed E-state index contributed by atoms with van der Waals surface area (Å²) in [5.74, 6) is 1.83. The minimum Gasteiger partial charge on any atom is -0.367 e. The van der Waals surface area contributed by atoms with Gasteiger partial charge in [-0.2, -0.15) is 0 Å². The third-order valence-corrected chi connectivity index (χ3v) is 3.23. The first-order valence-corrected chi connectivity index (χ1v) is 6.41. The first-order valence-electron chi connectivity index (χ1n) is 6.41. The fourth-order valence-corrected chi connectivity index (χ4v) is 2.35. The van der Waals surface area contributed by atoms with Crippen LogP contribution in [-0.4, -0.2) is 16.0 Å². The molecule has 2 rings (SSSR count). The van der Waals surface area contributed by atoms with E-state index in [0.29, 0.717) is 6.04 Å². The van der Waals surface area contributed by atoms with E-state index in [0.717, 1.165) is 11.6 Å². The minimum atomic E-state index is 0.606. The molecule has 1 N–H and O–H groups in total. The summed E-state index contributed by atoms with van der Waals surface area (Å²) in [6.07, 6.45) is 11.3. The summed E-state index contributed by atoms with van der Waals surface area (Å²) in [4.78, 5) is 8.51. The molecule has 88 valence electrons. The molecule has 3 heteroatoms. The highest BCUT2D eigenvalue weighted by atomic mass is 15.0. The van der Waals surface area contributed by atoms with Crippen LogP contribution >= 0.6 is 0 Å². The predicted octanol–water partition coefficient (Wildman–Crippen LogP) is 3.31. The number of hydrogen-bond donors (Lipinski definition) is 1. The second-order valence-electron chi connectivity index (χ2n) is 4.68. The normalized spacial score (nSPS) is 18.8. The van der Waals surface area contributed by atoms with Crippen LogP contribution in [0.25, 0.3) is 0 Å². The SMILES string of the molecule is Cc1nccc(NC2CCCCCCC2)n1. The number of nitrogens with one attached hydrogen (secondary N) is 1. The Hall–Kier alpha value is -1.12. The van der Waals surface area contributed by atoms with Crippen LogP contribution in [0, 0.1) is 6.92 Å². The summed E-state index contributed by atoms with van der Waals surface area (Å²) < 4.78 is 0. The van der Waals surface area contributed by atoms with Gasteiger partial charge in [0.1, 0.15) is 11.6 Å². The maximum absolute atomic E-state index is 4.40. The third kappa shape index (κ3) is 3.47. The molecule has 1 aromatic heterocycles. The first-order chi connectivity index (χ1) is 7.84. The maximum Gasteiger partial charge on any atom is 0.129 e. The van der Waals surface area contributed by atoms with Crippen LogP contribution in [0.1, 0.15) is 50.8 Å². The van der Waals surface area contributed by atoms with E-state index in [2.05, 4.69) is 15.3 Å². The second kappa shape index (κ2) is 5.83. The molecule has 0 aromatic carbocycles. The van der Waals surface area contributed by atoms with Gasteiger partial charge >= 0.3 is 0 Å². The van der Waals surface area contributed by atoms with Crippen molar-refractivity contribution in [2.45, 2.75) is 57.9 Å². The van der Waals surface area contributed by atoms with Gasteiger partial charge in [-0.05, 0) is 25.8 Å². The van der Waals surface area contributed by atoms with E-state index >= 15 is 0 Å². The lowest BCUT2D eigenvalue weighted by Crippen LogP contribution is -2.21. The molecule has 0 amide bonds. The van der Waals surface area contributed by atoms with Gasteiger partial charge in [0.2, 0.25) is 0 Å². The van der Waals surface area contributed by atoms with Gasteiger partial charge in [-0.15, -0.1) is 0 Å². The molecular weight excluding hydrogens is 198 g/mol. The molecule has 0 bridgehead atoms. The van der Waals surface area contributed by atoms with E-state index in [1.165, 1.54) is 44.9 Å². The topological polar surface area (TPSA) is 37.8 Å². The standard InChI is InChI=1S/C13H21N3/c1-11-14-10-9-13(15-11)16-12-7-5-3-2-4-6-8-12/h9-10,12H,2-8H2,1H3,(H,14,15,16). The summed E-state index contributed by atoms with van der Waals surface area (Å²) >= 11 is 0. The van der Waals surface area contributed by atoms with Crippen molar-refractivity contribution in [2.75, 3.05) is 5.32 Å². The molecule has 3 nitrogen and oxygen atoms in total. The average molecular weight is 219 g/mol. The fraction of sp³-hybridized carbons (Fsp3) is 0.692. The number of hydrogen-bond acceptors (Lipinski definition) is 3. The highest BCUT2D eigenvalue weighted by Crippen LogP contribution is 2.19. The Labute approximate surface area is 97.7 Å². The van der Waals surface area contributed by atoms with E-state index in [9.17, 15) is 0 Å². The zero-order valence-corrected chi connectivity index (χ0v) is 10.1. The quantitative estimate of drug-likeness (QED) is 0.829. The van der Waals surface area contributed by atoms with Crippen LogP contribution in [0.3, 0.4) is 0 Å². The van der Waals surface area contributed by atoms with Crippen molar-refractivity contribution in [3.8, 4) is 0 Å². The molecule has 1 aromatic rings. The molecule has 1 saturated carbocycles. The van der Waals surface area contributed by atoms with Crippen molar-refractivity contribution < 1.29 is 0 Å². The predicted molar refractivity (Wildman–Crippen MR) is 66.5 cm³/mol. The van der Waals surface area contributed by atoms with Gasteiger partial charge in [0, 0.05) is 12.2 Å². The molecule has 0 unspecified atom stereocenters. The number of aromatic nitrogens is 2. The maximum atomic E-state index is 4.40. The summed E-state index contributed by atoms with van der Waals surface area (Å²) in [7, 11) is 0. The van der Waals surface area contributed by atoms with Gasteiger partial charge in [-0.1, -0.05) is 32.1 Å². The van der Waals surface area contributed by atoms with Crippen molar-refractivity contribution in [1.29, 1.82) is 0 Å². The molecular formula is C13H21N3. The smallest absolute Gasteiger partial charge is 0.129 e. The molecule has 16 heavy (non-hydrogen) atoms. The first kappa shape index (κ1) is 11.4. The summed E-state index contributed by atoms with van der Waals surface area (Å²) in [5.41, 5.74) is 0. The van der Waals surface area contributed by atoms with Crippen LogP contribution in [0.15, 0.2) is 12.3 Å². The summed E-state index contributed by atoms with van der Waals surface area (Å²) in [6.45, 7) is 1.93. The molecule has 0 spiro atoms. The van der Waals surface area contributed by atoms with Crippen LogP contribution in [0.2, 0.25) is 0 Å². The molecule has 1 aliphatic rings. The third-order valence-electron chi connectivity index (χ3n) is 3.23. The molecule has 1 aliphatic carbocycles. The fourth-order valence-electron chi connectivity index (χ4n) is 2.35. The van der Waals surface area contributed by atoms with Gasteiger partial charge in [0.05, 0.1) is 0 Å². The Balaban J connectivity index is 1.91. The molecule has 0 saturated heterocycles. The summed E-state index contributed by atoms with van der Waals surface area (Å²) in [5, 5.41) is 3.54. The number of nitrogens with zero attached hydrogens (tertiary/aromatic N) is 2. The van der Waals surface area contributed by atoms with Crippen LogP contribution in [-0.2, 0) is 0 Å². The van der Waals surface area contributed by atoms with Gasteiger partial charge in [0.15, 0.2) is 0 Å². The molecule has 0 radical (unpaired) electrons. The van der Waals surface area contributed by atoms with Gasteiger partial charge < -0.3 is 5.32 Å². The van der Waals surface area contributed by atoms with Crippen molar-refractivity contribution in [2.24, 2.45) is 0 Å². The van der Waals surface area contributed by atoms with Crippen LogP contribution in [0.4, 0.5) is 5.82 Å². The van der Waals surface area contributed by atoms with E-state index in [4.69, 9.17) is 0 Å². The highest BCUT2D eigenvalue weighted by Gasteiger charge is 2.11. The molecule has 1 heterocycles. The number of rotatable bonds is 2. The van der Waals surface area contributed by atoms with Crippen molar-refractivity contribution in [3.05, 3.63) is 18.1 Å². The largest absolute Gasteiger partial charge is 0.367 e. The molecule has 0 aliphatic heterocycles. The Bertz CT molecular complexity index is 317. The van der Waals surface area contributed by atoms with Gasteiger partial charge in [-0.3, -0.25) is 0 Å². The molecule has 0 atom stereocenters. The Morgan fingerprint density at radius 3 is 2.50 bits per heavy atom. The van der Waals surface area contributed by atoms with E-state index in [1.54, 1.807) is 0 Å². The lowest BCUT2D eigenvalue weighted by atomic mass is 9.97. The van der Waals surface area contributed by atoms with E-state index in [-0.39, 0.29) is 0 Å². The Morgan fingerprint density at radius 2 is 1.81 bits per heavy atom. The van der Waals surface area contributed by atoms with Crippen molar-refractivity contribution in [1.82, 2.24) is 9.97 Å². The van der Waals surface area contributed by atoms with Gasteiger partial charge in [0.25, 0.3) is 0 Å². The Morgan fingerprint density at radius 1 is 1.12 bits per heavy atom. The monoisotopic (exact) mass is 219 g/mol. The lowest BCUT2D eigenvalue weighted by Gasteiger charge is -2.21. The van der Waals surface area contributed by atoms with Gasteiger partial charge in [-0.25, -0.2) is 9.97 Å². The van der Waals surface area contributed by atoms with E-state index < -0.39 is 0 Å². The second-order valence-corrected chi connectivity index (χ2v) is 4.68. The zero-order chi connectivity index (χ0) is 11.2. The number of anilines is 1. The van der Waals surface area contributed by atoms with Crippen LogP contribution in [0.5, 0.6) is 0 Å². The zero-order valence-electron chi connectivity index (χ0n) is 10.1. The highest BCUT2D eigenvalue weighted by molar-refractivity contribution is 5.34. The van der Waals surface area contributed by atoms with E-state index in [1.807, 2.05) is 19.2 Å². The summed E-state index contributed by atoms with van der Waals surface area (Å²) in [6, 6.07) is 2.57. The average Bonchev–Trinajstić information content (AvgIpc) is 2.22.